The van der Waals surface area contributed by atoms with Gasteiger partial charge in [0.05, 0.1) is 22.1 Å². The zero-order valence-corrected chi connectivity index (χ0v) is 28.0. The third-order valence-electron chi connectivity index (χ3n) is 11.2. The maximum atomic E-state index is 5.15. The molecule has 0 aliphatic heterocycles. The zero-order valence-electron chi connectivity index (χ0n) is 28.0. The average molecular weight is 661 g/mol. The second kappa shape index (κ2) is 10.3. The second-order valence-corrected chi connectivity index (χ2v) is 13.8. The maximum absolute atomic E-state index is 5.15. The van der Waals surface area contributed by atoms with Crippen LogP contribution < -0.4 is 0 Å². The molecule has 0 radical (unpaired) electrons. The minimum Gasteiger partial charge on any atom is -0.309 e. The van der Waals surface area contributed by atoms with Crippen LogP contribution in [0.4, 0.5) is 0 Å². The van der Waals surface area contributed by atoms with E-state index >= 15 is 0 Å². The Morgan fingerprint density at radius 2 is 1.12 bits per heavy atom. The van der Waals surface area contributed by atoms with Gasteiger partial charge < -0.3 is 4.57 Å². The van der Waals surface area contributed by atoms with Crippen LogP contribution in [0.5, 0.6) is 0 Å². The van der Waals surface area contributed by atoms with E-state index in [0.29, 0.717) is 0 Å². The Morgan fingerprint density at radius 1 is 0.404 bits per heavy atom. The molecule has 0 saturated heterocycles. The van der Waals surface area contributed by atoms with E-state index in [4.69, 9.17) is 4.98 Å². The molecule has 0 bridgehead atoms. The molecule has 7 aromatic carbocycles. The van der Waals surface area contributed by atoms with Crippen LogP contribution in [0, 0.1) is 0 Å². The fraction of sp³-hybridized carbons (Fsp3) is 0. The topological polar surface area (TPSA) is 35.6 Å². The van der Waals surface area contributed by atoms with Crippen molar-refractivity contribution in [3.63, 3.8) is 0 Å². The molecular formula is C48H28N4. The van der Waals surface area contributed by atoms with Crippen molar-refractivity contribution in [1.82, 2.24) is 19.1 Å². The van der Waals surface area contributed by atoms with Crippen molar-refractivity contribution in [3.05, 3.63) is 170 Å². The van der Waals surface area contributed by atoms with E-state index in [1.807, 2.05) is 18.6 Å². The lowest BCUT2D eigenvalue weighted by Crippen LogP contribution is -2.00. The summed E-state index contributed by atoms with van der Waals surface area (Å²) in [5, 5.41) is 9.81. The third kappa shape index (κ3) is 3.65. The minimum atomic E-state index is 0.932. The molecule has 4 aromatic heterocycles. The van der Waals surface area contributed by atoms with E-state index in [-0.39, 0.29) is 0 Å². The van der Waals surface area contributed by atoms with E-state index in [1.54, 1.807) is 0 Å². The maximum Gasteiger partial charge on any atom is 0.146 e. The number of para-hydroxylation sites is 2. The summed E-state index contributed by atoms with van der Waals surface area (Å²) in [6.07, 6.45) is 5.93. The van der Waals surface area contributed by atoms with Crippen LogP contribution in [0.2, 0.25) is 0 Å². The fourth-order valence-electron chi connectivity index (χ4n) is 8.97. The standard InChI is InChI=1S/C48H28N4/c1-2-11-33(12-3-1)51-41-16-7-6-14-35(41)38-25-30(18-20-42(38)51)31-19-21-43-39(26-31)46-34-13-5-4-9-29(34)17-22-44(46)52(43)48-47-37(23-24-50-48)36-15-8-10-32-27-49-28-40(47)45(32)36/h1-28H. The molecule has 0 spiro atoms. The fourth-order valence-corrected chi connectivity index (χ4v) is 8.97. The molecule has 4 heteroatoms. The Balaban J connectivity index is 1.13. The number of fused-ring (bicyclic) bond motifs is 11. The predicted octanol–water partition coefficient (Wildman–Crippen LogP) is 12.3. The summed E-state index contributed by atoms with van der Waals surface area (Å²) in [5.74, 6) is 0.932. The Morgan fingerprint density at radius 3 is 2.00 bits per heavy atom. The van der Waals surface area contributed by atoms with Gasteiger partial charge in [0.15, 0.2) is 0 Å². The summed E-state index contributed by atoms with van der Waals surface area (Å²) in [6.45, 7) is 0. The molecule has 1 aliphatic rings. The quantitative estimate of drug-likeness (QED) is 0.189. The van der Waals surface area contributed by atoms with Gasteiger partial charge in [-0.2, -0.15) is 0 Å². The number of hydrogen-bond donors (Lipinski definition) is 0. The van der Waals surface area contributed by atoms with Gasteiger partial charge in [-0.1, -0.05) is 97.1 Å². The Labute approximate surface area is 298 Å². The zero-order chi connectivity index (χ0) is 33.9. The van der Waals surface area contributed by atoms with Gasteiger partial charge in [0.25, 0.3) is 0 Å². The summed E-state index contributed by atoms with van der Waals surface area (Å²) in [6, 6.07) is 55.1. The van der Waals surface area contributed by atoms with Crippen molar-refractivity contribution in [2.45, 2.75) is 0 Å². The van der Waals surface area contributed by atoms with Crippen molar-refractivity contribution >= 4 is 65.2 Å². The molecule has 0 fully saturated rings. The van der Waals surface area contributed by atoms with Crippen molar-refractivity contribution in [3.8, 4) is 44.9 Å². The van der Waals surface area contributed by atoms with Gasteiger partial charge >= 0.3 is 0 Å². The van der Waals surface area contributed by atoms with Crippen molar-refractivity contribution in [2.24, 2.45) is 0 Å². The van der Waals surface area contributed by atoms with Gasteiger partial charge in [-0.3, -0.25) is 9.55 Å². The normalized spacial score (nSPS) is 12.2. The van der Waals surface area contributed by atoms with E-state index in [2.05, 4.69) is 166 Å². The highest BCUT2D eigenvalue weighted by atomic mass is 15.1. The van der Waals surface area contributed by atoms with Gasteiger partial charge in [-0.25, -0.2) is 4.98 Å². The second-order valence-electron chi connectivity index (χ2n) is 13.8. The van der Waals surface area contributed by atoms with Crippen molar-refractivity contribution in [1.29, 1.82) is 0 Å². The minimum absolute atomic E-state index is 0.932. The molecule has 0 N–H and O–H groups in total. The van der Waals surface area contributed by atoms with Crippen LogP contribution in [0.3, 0.4) is 0 Å². The van der Waals surface area contributed by atoms with Crippen LogP contribution in [0.1, 0.15) is 0 Å². The highest BCUT2D eigenvalue weighted by molar-refractivity contribution is 6.23. The number of benzene rings is 7. The van der Waals surface area contributed by atoms with Gasteiger partial charge in [0, 0.05) is 67.7 Å². The Hall–Kier alpha value is -7.04. The molecule has 12 rings (SSSR count). The number of pyridine rings is 2. The monoisotopic (exact) mass is 660 g/mol. The van der Waals surface area contributed by atoms with E-state index < -0.39 is 0 Å². The third-order valence-corrected chi connectivity index (χ3v) is 11.2. The van der Waals surface area contributed by atoms with Gasteiger partial charge in [0.2, 0.25) is 0 Å². The lowest BCUT2D eigenvalue weighted by Gasteiger charge is -2.13. The molecule has 4 nitrogen and oxygen atoms in total. The molecule has 0 saturated carbocycles. The van der Waals surface area contributed by atoms with Crippen LogP contribution in [-0.4, -0.2) is 19.1 Å². The number of hydrogen-bond acceptors (Lipinski definition) is 2. The summed E-state index contributed by atoms with van der Waals surface area (Å²) in [5.41, 5.74) is 13.0. The summed E-state index contributed by atoms with van der Waals surface area (Å²) in [4.78, 5) is 9.82. The smallest absolute Gasteiger partial charge is 0.146 e. The SMILES string of the molecule is c1ccc(-n2c3ccccc3c3cc(-c4ccc5c(c4)c4c6ccccc6ccc4n5-c4nccc5c4-c4cncc6cccc-5c46)ccc32)cc1. The Bertz CT molecular complexity index is 3290. The molecule has 4 heterocycles. The van der Waals surface area contributed by atoms with Crippen LogP contribution in [0.15, 0.2) is 170 Å². The van der Waals surface area contributed by atoms with Crippen molar-refractivity contribution in [2.75, 3.05) is 0 Å². The predicted molar refractivity (Wildman–Crippen MR) is 216 cm³/mol. The molecule has 0 unspecified atom stereocenters. The largest absolute Gasteiger partial charge is 0.309 e. The lowest BCUT2D eigenvalue weighted by molar-refractivity contribution is 1.09. The molecule has 240 valence electrons. The lowest BCUT2D eigenvalue weighted by atomic mass is 9.99. The molecule has 52 heavy (non-hydrogen) atoms. The first-order valence-corrected chi connectivity index (χ1v) is 17.7. The highest BCUT2D eigenvalue weighted by Crippen LogP contribution is 2.50. The van der Waals surface area contributed by atoms with Gasteiger partial charge in [0.1, 0.15) is 5.82 Å². The molecule has 0 amide bonds. The van der Waals surface area contributed by atoms with Gasteiger partial charge in [-0.15, -0.1) is 0 Å². The molecule has 11 aromatic rings. The average Bonchev–Trinajstić information content (AvgIpc) is 3.85. The van der Waals surface area contributed by atoms with Crippen molar-refractivity contribution < 1.29 is 0 Å². The Kier molecular flexibility index (Phi) is 5.47. The summed E-state index contributed by atoms with van der Waals surface area (Å²) >= 11 is 0. The van der Waals surface area contributed by atoms with E-state index in [1.165, 1.54) is 76.7 Å². The van der Waals surface area contributed by atoms with Crippen LogP contribution in [-0.2, 0) is 0 Å². The van der Waals surface area contributed by atoms with E-state index in [0.717, 1.165) is 33.4 Å². The molecule has 0 atom stereocenters. The number of nitrogens with zero attached hydrogens (tertiary/aromatic N) is 4. The number of rotatable bonds is 3. The molecular weight excluding hydrogens is 633 g/mol. The number of aromatic nitrogens is 4. The van der Waals surface area contributed by atoms with Crippen LogP contribution >= 0.6 is 0 Å². The first-order valence-electron chi connectivity index (χ1n) is 17.7. The summed E-state index contributed by atoms with van der Waals surface area (Å²) in [7, 11) is 0. The van der Waals surface area contributed by atoms with Gasteiger partial charge in [-0.05, 0) is 87.6 Å². The summed E-state index contributed by atoms with van der Waals surface area (Å²) < 4.78 is 4.75. The first kappa shape index (κ1) is 27.7. The van der Waals surface area contributed by atoms with Crippen LogP contribution in [0.25, 0.3) is 110 Å². The van der Waals surface area contributed by atoms with E-state index in [9.17, 15) is 0 Å². The first-order chi connectivity index (χ1) is 25.8. The molecule has 1 aliphatic carbocycles. The highest BCUT2D eigenvalue weighted by Gasteiger charge is 2.28.